The molecule has 66 valence electrons. The van der Waals surface area contributed by atoms with Crippen LogP contribution < -0.4 is 17.2 Å². The lowest BCUT2D eigenvalue weighted by Crippen LogP contribution is -2.32. The zero-order valence-electron chi connectivity index (χ0n) is 7.00. The SMILES string of the molecule is NCCC1C(N)CCC1CN. The molecule has 11 heavy (non-hydrogen) atoms. The third-order valence-electron chi connectivity index (χ3n) is 2.83. The average molecular weight is 157 g/mol. The highest BCUT2D eigenvalue weighted by atomic mass is 14.7. The van der Waals surface area contributed by atoms with Gasteiger partial charge in [-0.2, -0.15) is 0 Å². The van der Waals surface area contributed by atoms with Gasteiger partial charge in [-0.25, -0.2) is 0 Å². The predicted molar refractivity (Wildman–Crippen MR) is 46.9 cm³/mol. The molecule has 0 heterocycles. The van der Waals surface area contributed by atoms with Gasteiger partial charge in [0.1, 0.15) is 0 Å². The Morgan fingerprint density at radius 1 is 1.18 bits per heavy atom. The highest BCUT2D eigenvalue weighted by molar-refractivity contribution is 4.87. The monoisotopic (exact) mass is 157 g/mol. The van der Waals surface area contributed by atoms with Crippen LogP contribution in [-0.4, -0.2) is 19.1 Å². The van der Waals surface area contributed by atoms with Gasteiger partial charge >= 0.3 is 0 Å². The van der Waals surface area contributed by atoms with Crippen molar-refractivity contribution in [3.63, 3.8) is 0 Å². The van der Waals surface area contributed by atoms with Crippen molar-refractivity contribution >= 4 is 0 Å². The molecule has 0 spiro atoms. The summed E-state index contributed by atoms with van der Waals surface area (Å²) in [6.45, 7) is 1.52. The maximum absolute atomic E-state index is 5.92. The van der Waals surface area contributed by atoms with Crippen LogP contribution in [0, 0.1) is 11.8 Å². The second kappa shape index (κ2) is 4.04. The molecule has 6 N–H and O–H groups in total. The van der Waals surface area contributed by atoms with E-state index in [1.54, 1.807) is 0 Å². The second-order valence-electron chi connectivity index (χ2n) is 3.48. The van der Waals surface area contributed by atoms with E-state index in [4.69, 9.17) is 17.2 Å². The molecule has 0 aromatic heterocycles. The van der Waals surface area contributed by atoms with Crippen molar-refractivity contribution in [3.05, 3.63) is 0 Å². The summed E-state index contributed by atoms with van der Waals surface area (Å²) < 4.78 is 0. The topological polar surface area (TPSA) is 78.1 Å². The Balaban J connectivity index is 2.42. The molecule has 0 radical (unpaired) electrons. The molecule has 1 aliphatic rings. The fourth-order valence-corrected chi connectivity index (χ4v) is 2.12. The third kappa shape index (κ3) is 1.92. The molecular weight excluding hydrogens is 138 g/mol. The first-order valence-electron chi connectivity index (χ1n) is 4.45. The van der Waals surface area contributed by atoms with Crippen LogP contribution in [0.25, 0.3) is 0 Å². The molecule has 3 unspecified atom stereocenters. The van der Waals surface area contributed by atoms with E-state index in [0.29, 0.717) is 17.9 Å². The number of nitrogens with two attached hydrogens (primary N) is 3. The Morgan fingerprint density at radius 2 is 1.91 bits per heavy atom. The molecule has 3 nitrogen and oxygen atoms in total. The number of rotatable bonds is 3. The van der Waals surface area contributed by atoms with Crippen LogP contribution >= 0.6 is 0 Å². The fraction of sp³-hybridized carbons (Fsp3) is 1.00. The number of hydrogen-bond acceptors (Lipinski definition) is 3. The van der Waals surface area contributed by atoms with Gasteiger partial charge in [-0.3, -0.25) is 0 Å². The maximum atomic E-state index is 5.92. The summed E-state index contributed by atoms with van der Waals surface area (Å²) in [6.07, 6.45) is 3.37. The summed E-state index contributed by atoms with van der Waals surface area (Å²) in [5, 5.41) is 0. The van der Waals surface area contributed by atoms with Crippen LogP contribution in [0.2, 0.25) is 0 Å². The minimum atomic E-state index is 0.354. The molecule has 0 aromatic carbocycles. The van der Waals surface area contributed by atoms with Crippen molar-refractivity contribution in [2.24, 2.45) is 29.0 Å². The van der Waals surface area contributed by atoms with Crippen LogP contribution in [0.5, 0.6) is 0 Å². The van der Waals surface area contributed by atoms with Crippen LogP contribution in [0.15, 0.2) is 0 Å². The third-order valence-corrected chi connectivity index (χ3v) is 2.83. The van der Waals surface area contributed by atoms with Crippen LogP contribution in [0.4, 0.5) is 0 Å². The first-order valence-corrected chi connectivity index (χ1v) is 4.45. The fourth-order valence-electron chi connectivity index (χ4n) is 2.12. The van der Waals surface area contributed by atoms with Crippen molar-refractivity contribution in [1.82, 2.24) is 0 Å². The van der Waals surface area contributed by atoms with Gasteiger partial charge < -0.3 is 17.2 Å². The maximum Gasteiger partial charge on any atom is 0.00708 e. The van der Waals surface area contributed by atoms with Gasteiger partial charge in [0.15, 0.2) is 0 Å². The largest absolute Gasteiger partial charge is 0.330 e. The van der Waals surface area contributed by atoms with E-state index < -0.39 is 0 Å². The Bertz CT molecular complexity index is 116. The second-order valence-corrected chi connectivity index (χ2v) is 3.48. The van der Waals surface area contributed by atoms with Crippen LogP contribution in [0.3, 0.4) is 0 Å². The Labute approximate surface area is 68.3 Å². The highest BCUT2D eigenvalue weighted by Gasteiger charge is 2.31. The van der Waals surface area contributed by atoms with Gasteiger partial charge in [-0.05, 0) is 44.2 Å². The molecule has 1 saturated carbocycles. The van der Waals surface area contributed by atoms with Crippen molar-refractivity contribution in [2.75, 3.05) is 13.1 Å². The Morgan fingerprint density at radius 3 is 2.45 bits per heavy atom. The van der Waals surface area contributed by atoms with Crippen LogP contribution in [-0.2, 0) is 0 Å². The van der Waals surface area contributed by atoms with E-state index >= 15 is 0 Å². The van der Waals surface area contributed by atoms with Gasteiger partial charge in [0.05, 0.1) is 0 Å². The smallest absolute Gasteiger partial charge is 0.00708 e. The molecular formula is C8H19N3. The van der Waals surface area contributed by atoms with Crippen molar-refractivity contribution in [1.29, 1.82) is 0 Å². The van der Waals surface area contributed by atoms with Gasteiger partial charge in [0.2, 0.25) is 0 Å². The molecule has 0 bridgehead atoms. The Hall–Kier alpha value is -0.120. The van der Waals surface area contributed by atoms with E-state index in [-0.39, 0.29) is 0 Å². The minimum Gasteiger partial charge on any atom is -0.330 e. The van der Waals surface area contributed by atoms with E-state index in [2.05, 4.69) is 0 Å². The van der Waals surface area contributed by atoms with E-state index in [1.165, 1.54) is 6.42 Å². The predicted octanol–water partition coefficient (Wildman–Crippen LogP) is -0.353. The summed E-state index contributed by atoms with van der Waals surface area (Å²) in [7, 11) is 0. The van der Waals surface area contributed by atoms with Crippen LogP contribution in [0.1, 0.15) is 19.3 Å². The molecule has 1 aliphatic carbocycles. The summed E-state index contributed by atoms with van der Waals surface area (Å²) in [4.78, 5) is 0. The average Bonchev–Trinajstić information content (AvgIpc) is 2.34. The molecule has 1 fully saturated rings. The lowest BCUT2D eigenvalue weighted by Gasteiger charge is -2.20. The molecule has 3 atom stereocenters. The Kier molecular flexibility index (Phi) is 3.30. The lowest BCUT2D eigenvalue weighted by atomic mass is 9.91. The van der Waals surface area contributed by atoms with E-state index in [1.807, 2.05) is 0 Å². The number of hydrogen-bond donors (Lipinski definition) is 3. The molecule has 3 heteroatoms. The van der Waals surface area contributed by atoms with Gasteiger partial charge in [-0.15, -0.1) is 0 Å². The molecule has 0 aromatic rings. The van der Waals surface area contributed by atoms with E-state index in [9.17, 15) is 0 Å². The summed E-state index contributed by atoms with van der Waals surface area (Å²) in [5.74, 6) is 1.22. The van der Waals surface area contributed by atoms with Crippen molar-refractivity contribution < 1.29 is 0 Å². The van der Waals surface area contributed by atoms with Crippen molar-refractivity contribution in [3.8, 4) is 0 Å². The normalized spacial score (nSPS) is 37.9. The first-order chi connectivity index (χ1) is 5.29. The zero-order chi connectivity index (χ0) is 8.27. The quantitative estimate of drug-likeness (QED) is 0.524. The molecule has 0 amide bonds. The standard InChI is InChI=1S/C8H19N3/c9-4-3-7-6(5-10)1-2-8(7)11/h6-8H,1-5,9-11H2. The zero-order valence-corrected chi connectivity index (χ0v) is 7.00. The molecule has 0 saturated heterocycles. The van der Waals surface area contributed by atoms with E-state index in [0.717, 1.165) is 25.9 Å². The summed E-state index contributed by atoms with van der Waals surface area (Å²) >= 11 is 0. The van der Waals surface area contributed by atoms with Gasteiger partial charge in [-0.1, -0.05) is 0 Å². The summed E-state index contributed by atoms with van der Waals surface area (Å²) in [5.41, 5.74) is 17.0. The highest BCUT2D eigenvalue weighted by Crippen LogP contribution is 2.31. The first kappa shape index (κ1) is 8.97. The lowest BCUT2D eigenvalue weighted by molar-refractivity contribution is 0.349. The van der Waals surface area contributed by atoms with Gasteiger partial charge in [0.25, 0.3) is 0 Å². The van der Waals surface area contributed by atoms with Gasteiger partial charge in [0, 0.05) is 6.04 Å². The van der Waals surface area contributed by atoms with Crippen molar-refractivity contribution in [2.45, 2.75) is 25.3 Å². The minimum absolute atomic E-state index is 0.354. The molecule has 0 aliphatic heterocycles. The summed E-state index contributed by atoms with van der Waals surface area (Å²) in [6, 6.07) is 0.354. The molecule has 1 rings (SSSR count).